The lowest BCUT2D eigenvalue weighted by Crippen LogP contribution is -2.30. The van der Waals surface area contributed by atoms with Crippen LogP contribution in [0.2, 0.25) is 0 Å². The van der Waals surface area contributed by atoms with E-state index in [4.69, 9.17) is 19.2 Å². The maximum atomic E-state index is 11.9. The number of hydrogen-bond acceptors (Lipinski definition) is 5. The van der Waals surface area contributed by atoms with Crippen LogP contribution >= 0.6 is 24.0 Å². The van der Waals surface area contributed by atoms with Gasteiger partial charge in [-0.3, -0.25) is 4.79 Å². The van der Waals surface area contributed by atoms with Gasteiger partial charge in [0.15, 0.2) is 17.5 Å². The van der Waals surface area contributed by atoms with Gasteiger partial charge in [0, 0.05) is 43.9 Å². The first kappa shape index (κ1) is 26.6. The molecular weight excluding hydrogens is 535 g/mol. The van der Waals surface area contributed by atoms with Crippen molar-refractivity contribution in [1.82, 2.24) is 10.2 Å². The van der Waals surface area contributed by atoms with Gasteiger partial charge in [-0.1, -0.05) is 24.3 Å². The summed E-state index contributed by atoms with van der Waals surface area (Å²) in [4.78, 5) is 18.6. The third kappa shape index (κ3) is 7.15. The molecule has 1 aliphatic heterocycles. The lowest BCUT2D eigenvalue weighted by Gasteiger charge is -2.17. The molecule has 0 atom stereocenters. The van der Waals surface area contributed by atoms with Crippen LogP contribution in [-0.2, 0) is 17.9 Å². The molecule has 1 aliphatic rings. The van der Waals surface area contributed by atoms with Crippen molar-refractivity contribution >= 4 is 41.5 Å². The summed E-state index contributed by atoms with van der Waals surface area (Å²) in [6, 6.07) is 11.9. The Morgan fingerprint density at radius 3 is 2.33 bits per heavy atom. The summed E-state index contributed by atoms with van der Waals surface area (Å²) < 4.78 is 16.3. The van der Waals surface area contributed by atoms with Gasteiger partial charge in [0.2, 0.25) is 11.7 Å². The van der Waals surface area contributed by atoms with Crippen LogP contribution < -0.4 is 24.8 Å². The Balaban J connectivity index is 0.00000385. The van der Waals surface area contributed by atoms with E-state index in [1.54, 1.807) is 21.3 Å². The van der Waals surface area contributed by atoms with E-state index in [9.17, 15) is 4.79 Å². The number of rotatable bonds is 9. The van der Waals surface area contributed by atoms with Gasteiger partial charge >= 0.3 is 0 Å². The molecule has 0 bridgehead atoms. The van der Waals surface area contributed by atoms with Crippen molar-refractivity contribution in [2.45, 2.75) is 32.9 Å². The van der Waals surface area contributed by atoms with Crippen LogP contribution in [0.5, 0.6) is 17.2 Å². The quantitative estimate of drug-likeness (QED) is 0.270. The summed E-state index contributed by atoms with van der Waals surface area (Å²) in [6.07, 6.45) is 1.60. The molecule has 8 nitrogen and oxygen atoms in total. The molecule has 2 aromatic carbocycles. The Bertz CT molecular complexity index is 942. The fraction of sp³-hybridized carbons (Fsp3) is 0.417. The first-order valence-electron chi connectivity index (χ1n) is 10.8. The summed E-state index contributed by atoms with van der Waals surface area (Å²) in [7, 11) is 4.75. The molecule has 1 saturated heterocycles. The SMILES string of the molecule is CCNC(=NCc1cccc(CN2CCCC2=O)c1)Nc1cc(OC)c(OC)c(OC)c1.I. The second-order valence-electron chi connectivity index (χ2n) is 7.47. The number of halogens is 1. The lowest BCUT2D eigenvalue weighted by atomic mass is 10.1. The minimum absolute atomic E-state index is 0. The van der Waals surface area contributed by atoms with Gasteiger partial charge in [-0.2, -0.15) is 0 Å². The zero-order valence-corrected chi connectivity index (χ0v) is 22.0. The molecule has 0 saturated carbocycles. The number of likely N-dealkylation sites (tertiary alicyclic amines) is 1. The molecule has 0 radical (unpaired) electrons. The van der Waals surface area contributed by atoms with Gasteiger partial charge in [0.25, 0.3) is 0 Å². The number of guanidine groups is 1. The van der Waals surface area contributed by atoms with Gasteiger partial charge in [0.05, 0.1) is 27.9 Å². The number of nitrogens with one attached hydrogen (secondary N) is 2. The highest BCUT2D eigenvalue weighted by atomic mass is 127. The summed E-state index contributed by atoms with van der Waals surface area (Å²) >= 11 is 0. The van der Waals surface area contributed by atoms with Crippen molar-refractivity contribution < 1.29 is 19.0 Å². The molecule has 0 aliphatic carbocycles. The normalized spacial score (nSPS) is 13.4. The number of carbonyl (C=O) groups is 1. The van der Waals surface area contributed by atoms with E-state index < -0.39 is 0 Å². The molecule has 1 fully saturated rings. The number of anilines is 1. The average molecular weight is 568 g/mol. The van der Waals surface area contributed by atoms with Crippen LogP contribution in [0, 0.1) is 0 Å². The molecule has 9 heteroatoms. The zero-order chi connectivity index (χ0) is 22.9. The average Bonchev–Trinajstić information content (AvgIpc) is 3.21. The van der Waals surface area contributed by atoms with Crippen LogP contribution in [-0.4, -0.2) is 51.2 Å². The fourth-order valence-electron chi connectivity index (χ4n) is 3.69. The van der Waals surface area contributed by atoms with Crippen LogP contribution in [0.15, 0.2) is 41.4 Å². The Hall–Kier alpha value is -2.69. The second kappa shape index (κ2) is 13.1. The van der Waals surface area contributed by atoms with E-state index in [-0.39, 0.29) is 29.9 Å². The minimum atomic E-state index is 0. The summed E-state index contributed by atoms with van der Waals surface area (Å²) in [5.74, 6) is 2.54. The molecule has 3 rings (SSSR count). The minimum Gasteiger partial charge on any atom is -0.493 e. The summed E-state index contributed by atoms with van der Waals surface area (Å²) in [6.45, 7) is 4.72. The van der Waals surface area contributed by atoms with Gasteiger partial charge in [-0.15, -0.1) is 24.0 Å². The molecular formula is C24H33IN4O4. The number of amides is 1. The smallest absolute Gasteiger partial charge is 0.222 e. The number of aliphatic imine (C=N–C) groups is 1. The molecule has 180 valence electrons. The van der Waals surface area contributed by atoms with Crippen molar-refractivity contribution in [3.63, 3.8) is 0 Å². The first-order chi connectivity index (χ1) is 15.6. The third-order valence-electron chi connectivity index (χ3n) is 5.23. The van der Waals surface area contributed by atoms with Crippen molar-refractivity contribution in [3.8, 4) is 17.2 Å². The Kier molecular flexibility index (Phi) is 10.6. The number of ether oxygens (including phenoxy) is 3. The highest BCUT2D eigenvalue weighted by Crippen LogP contribution is 2.39. The van der Waals surface area contributed by atoms with Gasteiger partial charge < -0.3 is 29.7 Å². The molecule has 1 amide bonds. The maximum absolute atomic E-state index is 11.9. The molecule has 0 aromatic heterocycles. The van der Waals surface area contributed by atoms with E-state index in [2.05, 4.69) is 22.8 Å². The van der Waals surface area contributed by atoms with E-state index >= 15 is 0 Å². The number of hydrogen-bond donors (Lipinski definition) is 2. The highest BCUT2D eigenvalue weighted by molar-refractivity contribution is 14.0. The maximum Gasteiger partial charge on any atom is 0.222 e. The Labute approximate surface area is 212 Å². The standard InChI is InChI=1S/C24H32N4O4.HI/c1-5-25-24(27-19-13-20(30-2)23(32-4)21(14-19)31-3)26-15-17-8-6-9-18(12-17)16-28-11-7-10-22(28)29;/h6,8-9,12-14H,5,7,10-11,15-16H2,1-4H3,(H2,25,26,27);1H. The number of methoxy groups -OCH3 is 3. The van der Waals surface area contributed by atoms with Crippen molar-refractivity contribution in [2.75, 3.05) is 39.7 Å². The first-order valence-corrected chi connectivity index (χ1v) is 10.8. The molecule has 33 heavy (non-hydrogen) atoms. The van der Waals surface area contributed by atoms with Crippen LogP contribution in [0.3, 0.4) is 0 Å². The Morgan fingerprint density at radius 1 is 1.06 bits per heavy atom. The number of carbonyl (C=O) groups excluding carboxylic acids is 1. The van der Waals surface area contributed by atoms with Gasteiger partial charge in [-0.25, -0.2) is 4.99 Å². The summed E-state index contributed by atoms with van der Waals surface area (Å²) in [5, 5.41) is 6.56. The lowest BCUT2D eigenvalue weighted by molar-refractivity contribution is -0.128. The second-order valence-corrected chi connectivity index (χ2v) is 7.47. The highest BCUT2D eigenvalue weighted by Gasteiger charge is 2.20. The number of benzene rings is 2. The molecule has 0 unspecified atom stereocenters. The number of nitrogens with zero attached hydrogens (tertiary/aromatic N) is 2. The molecule has 0 spiro atoms. The predicted molar refractivity (Wildman–Crippen MR) is 141 cm³/mol. The molecule has 2 aromatic rings. The fourth-order valence-corrected chi connectivity index (χ4v) is 3.69. The third-order valence-corrected chi connectivity index (χ3v) is 5.23. The van der Waals surface area contributed by atoms with Crippen LogP contribution in [0.4, 0.5) is 5.69 Å². The monoisotopic (exact) mass is 568 g/mol. The van der Waals surface area contributed by atoms with E-state index in [0.717, 1.165) is 29.8 Å². The van der Waals surface area contributed by atoms with Gasteiger partial charge in [0.1, 0.15) is 0 Å². The molecule has 2 N–H and O–H groups in total. The van der Waals surface area contributed by atoms with E-state index in [1.165, 1.54) is 0 Å². The van der Waals surface area contributed by atoms with Crippen molar-refractivity contribution in [3.05, 3.63) is 47.5 Å². The Morgan fingerprint density at radius 2 is 1.76 bits per heavy atom. The topological polar surface area (TPSA) is 84.4 Å². The summed E-state index contributed by atoms with van der Waals surface area (Å²) in [5.41, 5.74) is 2.97. The van der Waals surface area contributed by atoms with E-state index in [1.807, 2.05) is 36.1 Å². The zero-order valence-electron chi connectivity index (χ0n) is 19.6. The van der Waals surface area contributed by atoms with E-state index in [0.29, 0.717) is 49.3 Å². The van der Waals surface area contributed by atoms with Gasteiger partial charge in [-0.05, 0) is 24.5 Å². The van der Waals surface area contributed by atoms with Crippen molar-refractivity contribution in [2.24, 2.45) is 4.99 Å². The predicted octanol–water partition coefficient (Wildman–Crippen LogP) is 4.03. The molecule has 1 heterocycles. The van der Waals surface area contributed by atoms with Crippen molar-refractivity contribution in [1.29, 1.82) is 0 Å². The largest absolute Gasteiger partial charge is 0.493 e. The van der Waals surface area contributed by atoms with Crippen LogP contribution in [0.25, 0.3) is 0 Å². The van der Waals surface area contributed by atoms with Crippen LogP contribution in [0.1, 0.15) is 30.9 Å².